The molecule has 10 heteroatoms. The summed E-state index contributed by atoms with van der Waals surface area (Å²) in [6.07, 6.45) is 4.63. The second kappa shape index (κ2) is 11.8. The highest BCUT2D eigenvalue weighted by molar-refractivity contribution is 5.97. The highest BCUT2D eigenvalue weighted by Crippen LogP contribution is 2.29. The Balaban J connectivity index is 1.60. The van der Waals surface area contributed by atoms with E-state index in [1.807, 2.05) is 12.1 Å². The standard InChI is InChI=1S/C24H34N4O6/c1-3-4-5-7-18(15-27(32)16-29)23(30)28(25)19-10-12-26(13-11-19)24(31)21-14-17-8-6-9-20(33-2)22(17)34-21/h6,8-9,14,16,18-19,32H,3-5,7,10-13,15,25H2,1-2H3. The molecule has 2 aromatic rings. The van der Waals surface area contributed by atoms with Gasteiger partial charge in [0.2, 0.25) is 12.3 Å². The van der Waals surface area contributed by atoms with Crippen LogP contribution >= 0.6 is 0 Å². The Labute approximate surface area is 199 Å². The Morgan fingerprint density at radius 2 is 2.06 bits per heavy atom. The van der Waals surface area contributed by atoms with Crippen LogP contribution in [-0.2, 0) is 9.59 Å². The van der Waals surface area contributed by atoms with Crippen LogP contribution < -0.4 is 10.6 Å². The summed E-state index contributed by atoms with van der Waals surface area (Å²) in [4.78, 5) is 38.6. The van der Waals surface area contributed by atoms with Crippen LogP contribution in [0, 0.1) is 5.92 Å². The molecule has 3 N–H and O–H groups in total. The molecule has 1 aromatic carbocycles. The molecule has 0 radical (unpaired) electrons. The topological polar surface area (TPSA) is 130 Å². The van der Waals surface area contributed by atoms with Gasteiger partial charge in [-0.3, -0.25) is 24.6 Å². The Morgan fingerprint density at radius 3 is 2.71 bits per heavy atom. The maximum atomic E-state index is 13.0. The van der Waals surface area contributed by atoms with E-state index in [1.165, 1.54) is 5.01 Å². The second-order valence-corrected chi connectivity index (χ2v) is 8.68. The lowest BCUT2D eigenvalue weighted by atomic mass is 9.97. The van der Waals surface area contributed by atoms with Gasteiger partial charge in [-0.2, -0.15) is 0 Å². The number of likely N-dealkylation sites (tertiary alicyclic amines) is 1. The summed E-state index contributed by atoms with van der Waals surface area (Å²) in [6, 6.07) is 6.95. The molecule has 0 saturated carbocycles. The van der Waals surface area contributed by atoms with Crippen LogP contribution in [0.25, 0.3) is 11.0 Å². The maximum Gasteiger partial charge on any atom is 0.289 e. The van der Waals surface area contributed by atoms with Gasteiger partial charge in [0.15, 0.2) is 17.1 Å². The van der Waals surface area contributed by atoms with Crippen LogP contribution in [0.4, 0.5) is 0 Å². The SMILES string of the molecule is CCCCCC(CN(O)C=O)C(=O)N(N)C1CCN(C(=O)c2cc3cccc(OC)c3o2)CC1. The Morgan fingerprint density at radius 1 is 1.32 bits per heavy atom. The number of unbranched alkanes of at least 4 members (excludes halogenated alkanes) is 2. The first-order valence-corrected chi connectivity index (χ1v) is 11.7. The molecule has 0 bridgehead atoms. The van der Waals surface area contributed by atoms with Crippen molar-refractivity contribution in [3.05, 3.63) is 30.0 Å². The number of hydrogen-bond acceptors (Lipinski definition) is 7. The van der Waals surface area contributed by atoms with Gasteiger partial charge in [0.05, 0.1) is 25.6 Å². The number of carbonyl (C=O) groups excluding carboxylic acids is 3. The van der Waals surface area contributed by atoms with Gasteiger partial charge in [-0.15, -0.1) is 0 Å². The van der Waals surface area contributed by atoms with E-state index < -0.39 is 5.92 Å². The van der Waals surface area contributed by atoms with Crippen LogP contribution in [0.5, 0.6) is 5.75 Å². The number of benzene rings is 1. The molecular weight excluding hydrogens is 440 g/mol. The van der Waals surface area contributed by atoms with Crippen molar-refractivity contribution in [2.24, 2.45) is 11.8 Å². The normalized spacial score (nSPS) is 15.2. The van der Waals surface area contributed by atoms with Crippen LogP contribution in [0.3, 0.4) is 0 Å². The molecule has 0 aliphatic carbocycles. The van der Waals surface area contributed by atoms with Crippen molar-refractivity contribution in [3.63, 3.8) is 0 Å². The molecular formula is C24H34N4O6. The lowest BCUT2D eigenvalue weighted by Crippen LogP contribution is -2.54. The zero-order valence-electron chi connectivity index (χ0n) is 19.8. The molecule has 2 heterocycles. The lowest BCUT2D eigenvalue weighted by Gasteiger charge is -2.37. The van der Waals surface area contributed by atoms with Crippen molar-refractivity contribution in [2.75, 3.05) is 26.7 Å². The minimum Gasteiger partial charge on any atom is -0.493 e. The average molecular weight is 475 g/mol. The Hall–Kier alpha value is -3.11. The number of fused-ring (bicyclic) bond motifs is 1. The lowest BCUT2D eigenvalue weighted by molar-refractivity contribution is -0.158. The molecule has 3 rings (SSSR count). The number of methoxy groups -OCH3 is 1. The van der Waals surface area contributed by atoms with E-state index in [0.29, 0.717) is 55.2 Å². The van der Waals surface area contributed by atoms with E-state index in [-0.39, 0.29) is 30.2 Å². The van der Waals surface area contributed by atoms with Crippen molar-refractivity contribution >= 4 is 29.2 Å². The zero-order chi connectivity index (χ0) is 24.7. The van der Waals surface area contributed by atoms with Gasteiger partial charge < -0.3 is 14.1 Å². The average Bonchev–Trinajstić information content (AvgIpc) is 3.31. The number of furan rings is 1. The molecule has 1 aliphatic rings. The molecule has 1 atom stereocenters. The number of para-hydroxylation sites is 1. The number of nitrogens with zero attached hydrogens (tertiary/aromatic N) is 3. The molecule has 34 heavy (non-hydrogen) atoms. The van der Waals surface area contributed by atoms with E-state index in [4.69, 9.17) is 15.0 Å². The number of hydroxylamine groups is 2. The summed E-state index contributed by atoms with van der Waals surface area (Å²) in [5.74, 6) is 5.91. The van der Waals surface area contributed by atoms with E-state index in [2.05, 4.69) is 6.92 Å². The first-order chi connectivity index (χ1) is 16.4. The molecule has 186 valence electrons. The number of hydrazine groups is 1. The minimum absolute atomic E-state index is 0.0907. The van der Waals surface area contributed by atoms with E-state index in [9.17, 15) is 19.6 Å². The Kier molecular flexibility index (Phi) is 8.89. The van der Waals surface area contributed by atoms with E-state index in [0.717, 1.165) is 24.6 Å². The summed E-state index contributed by atoms with van der Waals surface area (Å²) in [5, 5.41) is 12.1. The van der Waals surface area contributed by atoms with Crippen molar-refractivity contribution in [3.8, 4) is 5.75 Å². The first-order valence-electron chi connectivity index (χ1n) is 11.7. The van der Waals surface area contributed by atoms with Gasteiger partial charge in [0.25, 0.3) is 5.91 Å². The number of carbonyl (C=O) groups is 3. The second-order valence-electron chi connectivity index (χ2n) is 8.68. The molecule has 1 aliphatic heterocycles. The van der Waals surface area contributed by atoms with Gasteiger partial charge in [0, 0.05) is 18.5 Å². The summed E-state index contributed by atoms with van der Waals surface area (Å²) in [6.45, 7) is 2.83. The third kappa shape index (κ3) is 5.87. The van der Waals surface area contributed by atoms with Crippen LogP contribution in [0.1, 0.15) is 56.0 Å². The van der Waals surface area contributed by atoms with Crippen molar-refractivity contribution in [1.82, 2.24) is 15.0 Å². The van der Waals surface area contributed by atoms with Crippen LogP contribution in [0.2, 0.25) is 0 Å². The monoisotopic (exact) mass is 474 g/mol. The van der Waals surface area contributed by atoms with Gasteiger partial charge in [-0.05, 0) is 31.4 Å². The van der Waals surface area contributed by atoms with Gasteiger partial charge >= 0.3 is 0 Å². The number of hydrogen-bond donors (Lipinski definition) is 2. The first kappa shape index (κ1) is 25.5. The third-order valence-corrected chi connectivity index (χ3v) is 6.37. The quantitative estimate of drug-likeness (QED) is 0.128. The highest BCUT2D eigenvalue weighted by Gasteiger charge is 2.33. The van der Waals surface area contributed by atoms with Crippen LogP contribution in [-0.4, -0.2) is 71.2 Å². The number of rotatable bonds is 11. The van der Waals surface area contributed by atoms with Gasteiger partial charge in [-0.1, -0.05) is 38.3 Å². The predicted molar refractivity (Wildman–Crippen MR) is 125 cm³/mol. The largest absolute Gasteiger partial charge is 0.493 e. The molecule has 3 amide bonds. The molecule has 1 aromatic heterocycles. The Bertz CT molecular complexity index is 985. The highest BCUT2D eigenvalue weighted by atomic mass is 16.5. The van der Waals surface area contributed by atoms with Crippen molar-refractivity contribution < 1.29 is 28.7 Å². The summed E-state index contributed by atoms with van der Waals surface area (Å²) in [5.41, 5.74) is 0.532. The fourth-order valence-electron chi connectivity index (χ4n) is 4.40. The fourth-order valence-corrected chi connectivity index (χ4v) is 4.40. The van der Waals surface area contributed by atoms with Crippen molar-refractivity contribution in [2.45, 2.75) is 51.5 Å². The van der Waals surface area contributed by atoms with Gasteiger partial charge in [0.1, 0.15) is 0 Å². The molecule has 1 unspecified atom stereocenters. The number of nitrogens with two attached hydrogens (primary N) is 1. The summed E-state index contributed by atoms with van der Waals surface area (Å²) in [7, 11) is 1.55. The summed E-state index contributed by atoms with van der Waals surface area (Å²) < 4.78 is 11.1. The maximum absolute atomic E-state index is 13.0. The van der Waals surface area contributed by atoms with Crippen LogP contribution in [0.15, 0.2) is 28.7 Å². The molecule has 10 nitrogen and oxygen atoms in total. The third-order valence-electron chi connectivity index (χ3n) is 6.37. The number of piperidine rings is 1. The van der Waals surface area contributed by atoms with E-state index in [1.54, 1.807) is 24.1 Å². The smallest absolute Gasteiger partial charge is 0.289 e. The molecule has 1 saturated heterocycles. The molecule has 0 spiro atoms. The molecule has 1 fully saturated rings. The zero-order valence-corrected chi connectivity index (χ0v) is 19.8. The summed E-state index contributed by atoms with van der Waals surface area (Å²) >= 11 is 0. The number of amides is 3. The predicted octanol–water partition coefficient (Wildman–Crippen LogP) is 2.79. The van der Waals surface area contributed by atoms with Crippen molar-refractivity contribution in [1.29, 1.82) is 0 Å². The van der Waals surface area contributed by atoms with E-state index >= 15 is 0 Å². The minimum atomic E-state index is -0.572. The van der Waals surface area contributed by atoms with Gasteiger partial charge in [-0.25, -0.2) is 10.9 Å². The fraction of sp³-hybridized carbons (Fsp3) is 0.542. The number of ether oxygens (including phenoxy) is 1.